The lowest BCUT2D eigenvalue weighted by molar-refractivity contribution is 0.124. The lowest BCUT2D eigenvalue weighted by Gasteiger charge is -2.07. The zero-order chi connectivity index (χ0) is 13.1. The van der Waals surface area contributed by atoms with Gasteiger partial charge in [-0.3, -0.25) is 0 Å². The summed E-state index contributed by atoms with van der Waals surface area (Å²) in [4.78, 5) is 8.72. The van der Waals surface area contributed by atoms with Crippen molar-refractivity contribution in [2.24, 2.45) is 13.0 Å². The molecule has 102 valence electrons. The summed E-state index contributed by atoms with van der Waals surface area (Å²) in [5.74, 6) is 1.71. The first-order valence-corrected chi connectivity index (χ1v) is 6.92. The highest BCUT2D eigenvalue weighted by molar-refractivity contribution is 5.85. The Balaban J connectivity index is 1.47. The number of nitrogens with one attached hydrogen (secondary N) is 1. The summed E-state index contributed by atoms with van der Waals surface area (Å²) >= 11 is 0. The van der Waals surface area contributed by atoms with Gasteiger partial charge < -0.3 is 14.6 Å². The van der Waals surface area contributed by atoms with E-state index >= 15 is 0 Å². The predicted molar refractivity (Wildman–Crippen MR) is 75.2 cm³/mol. The van der Waals surface area contributed by atoms with Crippen molar-refractivity contribution in [3.8, 4) is 0 Å². The van der Waals surface area contributed by atoms with Crippen LogP contribution < -0.4 is 5.32 Å². The fraction of sp³-hybridized carbons (Fsp3) is 0.571. The van der Waals surface area contributed by atoms with Crippen LogP contribution in [0.15, 0.2) is 18.6 Å². The molecule has 0 amide bonds. The summed E-state index contributed by atoms with van der Waals surface area (Å²) < 4.78 is 7.61. The molecule has 1 aliphatic carbocycles. The lowest BCUT2D eigenvalue weighted by Crippen LogP contribution is -2.08. The van der Waals surface area contributed by atoms with Gasteiger partial charge in [0.2, 0.25) is 0 Å². The van der Waals surface area contributed by atoms with E-state index in [1.165, 1.54) is 12.8 Å². The van der Waals surface area contributed by atoms with Crippen molar-refractivity contribution < 1.29 is 4.74 Å². The van der Waals surface area contributed by atoms with Crippen LogP contribution in [0.3, 0.4) is 0 Å². The van der Waals surface area contributed by atoms with Crippen LogP contribution in [0, 0.1) is 5.92 Å². The molecule has 1 fully saturated rings. The van der Waals surface area contributed by atoms with E-state index < -0.39 is 0 Å². The van der Waals surface area contributed by atoms with Gasteiger partial charge in [-0.05, 0) is 31.2 Å². The molecule has 1 saturated carbocycles. The number of ether oxygens (including phenoxy) is 1. The van der Waals surface area contributed by atoms with Crippen molar-refractivity contribution in [3.63, 3.8) is 0 Å². The summed E-state index contributed by atoms with van der Waals surface area (Å²) in [6.45, 7) is 2.63. The lowest BCUT2D eigenvalue weighted by atomic mass is 10.3. The number of hydrogen-bond acceptors (Lipinski definition) is 4. The van der Waals surface area contributed by atoms with Gasteiger partial charge in [0.1, 0.15) is 5.52 Å². The normalized spacial score (nSPS) is 15.0. The highest BCUT2D eigenvalue weighted by atomic mass is 16.5. The molecule has 19 heavy (non-hydrogen) atoms. The SMILES string of the molecule is Cn1cnc2c(NCCCOCC3CC3)nccc21. The number of aryl methyl sites for hydroxylation is 1. The molecule has 0 unspecified atom stereocenters. The maximum absolute atomic E-state index is 5.61. The molecule has 5 nitrogen and oxygen atoms in total. The van der Waals surface area contributed by atoms with Crippen LogP contribution in [0.4, 0.5) is 5.82 Å². The number of rotatable bonds is 7. The van der Waals surface area contributed by atoms with E-state index in [-0.39, 0.29) is 0 Å². The number of imidazole rings is 1. The Labute approximate surface area is 113 Å². The molecular weight excluding hydrogens is 240 g/mol. The fourth-order valence-electron chi connectivity index (χ4n) is 2.11. The van der Waals surface area contributed by atoms with Crippen LogP contribution in [0.2, 0.25) is 0 Å². The molecular formula is C14H20N4O. The summed E-state index contributed by atoms with van der Waals surface area (Å²) in [5, 5.41) is 3.34. The van der Waals surface area contributed by atoms with Crippen LogP contribution in [-0.2, 0) is 11.8 Å². The van der Waals surface area contributed by atoms with Crippen molar-refractivity contribution in [3.05, 3.63) is 18.6 Å². The summed E-state index contributed by atoms with van der Waals surface area (Å²) in [7, 11) is 1.99. The van der Waals surface area contributed by atoms with Gasteiger partial charge in [0.15, 0.2) is 5.82 Å². The standard InChI is InChI=1S/C14H20N4O/c1-18-10-17-13-12(18)5-7-16-14(13)15-6-2-8-19-9-11-3-4-11/h5,7,10-11H,2-4,6,8-9H2,1H3,(H,15,16). The average Bonchev–Trinajstić information content (AvgIpc) is 3.17. The van der Waals surface area contributed by atoms with Crippen molar-refractivity contribution in [2.75, 3.05) is 25.1 Å². The van der Waals surface area contributed by atoms with Crippen molar-refractivity contribution in [1.29, 1.82) is 0 Å². The second-order valence-electron chi connectivity index (χ2n) is 5.18. The van der Waals surface area contributed by atoms with E-state index in [4.69, 9.17) is 4.74 Å². The maximum atomic E-state index is 5.61. The molecule has 5 heteroatoms. The molecule has 0 saturated heterocycles. The number of fused-ring (bicyclic) bond motifs is 1. The average molecular weight is 260 g/mol. The third-order valence-electron chi connectivity index (χ3n) is 3.45. The van der Waals surface area contributed by atoms with Gasteiger partial charge in [-0.1, -0.05) is 0 Å². The Bertz CT molecular complexity index is 547. The summed E-state index contributed by atoms with van der Waals surface area (Å²) in [6.07, 6.45) is 7.33. The Morgan fingerprint density at radius 2 is 2.32 bits per heavy atom. The largest absolute Gasteiger partial charge is 0.381 e. The molecule has 0 aromatic carbocycles. The predicted octanol–water partition coefficient (Wildman–Crippen LogP) is 2.20. The molecule has 0 spiro atoms. The van der Waals surface area contributed by atoms with Gasteiger partial charge in [0, 0.05) is 33.0 Å². The van der Waals surface area contributed by atoms with E-state index in [1.54, 1.807) is 0 Å². The number of aromatic nitrogens is 3. The minimum absolute atomic E-state index is 0.821. The molecule has 0 aliphatic heterocycles. The molecule has 3 rings (SSSR count). The van der Waals surface area contributed by atoms with Crippen LogP contribution in [0.1, 0.15) is 19.3 Å². The van der Waals surface area contributed by atoms with Crippen LogP contribution in [0.25, 0.3) is 11.0 Å². The number of pyridine rings is 1. The monoisotopic (exact) mass is 260 g/mol. The van der Waals surface area contributed by atoms with Gasteiger partial charge in [0.25, 0.3) is 0 Å². The first kappa shape index (κ1) is 12.4. The van der Waals surface area contributed by atoms with Crippen molar-refractivity contribution in [2.45, 2.75) is 19.3 Å². The highest BCUT2D eigenvalue weighted by Crippen LogP contribution is 2.28. The van der Waals surface area contributed by atoms with E-state index in [9.17, 15) is 0 Å². The minimum atomic E-state index is 0.821. The van der Waals surface area contributed by atoms with E-state index in [0.29, 0.717) is 0 Å². The van der Waals surface area contributed by atoms with E-state index in [2.05, 4.69) is 15.3 Å². The molecule has 0 atom stereocenters. The molecule has 1 aliphatic rings. The van der Waals surface area contributed by atoms with Crippen LogP contribution in [0.5, 0.6) is 0 Å². The third-order valence-corrected chi connectivity index (χ3v) is 3.45. The molecule has 2 aromatic heterocycles. The smallest absolute Gasteiger partial charge is 0.154 e. The molecule has 1 N–H and O–H groups in total. The molecule has 2 aromatic rings. The first-order valence-electron chi connectivity index (χ1n) is 6.92. The Kier molecular flexibility index (Phi) is 3.64. The number of hydrogen-bond donors (Lipinski definition) is 1. The van der Waals surface area contributed by atoms with Gasteiger partial charge in [0.05, 0.1) is 11.8 Å². The Morgan fingerprint density at radius 1 is 1.42 bits per heavy atom. The van der Waals surface area contributed by atoms with Gasteiger partial charge >= 0.3 is 0 Å². The van der Waals surface area contributed by atoms with Crippen LogP contribution in [-0.4, -0.2) is 34.3 Å². The topological polar surface area (TPSA) is 52.0 Å². The number of nitrogens with zero attached hydrogens (tertiary/aromatic N) is 3. The number of anilines is 1. The van der Waals surface area contributed by atoms with Crippen molar-refractivity contribution in [1.82, 2.24) is 14.5 Å². The van der Waals surface area contributed by atoms with Crippen LogP contribution >= 0.6 is 0 Å². The molecule has 0 radical (unpaired) electrons. The zero-order valence-corrected chi connectivity index (χ0v) is 11.3. The molecule has 0 bridgehead atoms. The molecule has 2 heterocycles. The van der Waals surface area contributed by atoms with E-state index in [1.807, 2.05) is 30.2 Å². The minimum Gasteiger partial charge on any atom is -0.381 e. The second kappa shape index (κ2) is 5.57. The summed E-state index contributed by atoms with van der Waals surface area (Å²) in [6, 6.07) is 1.98. The van der Waals surface area contributed by atoms with Gasteiger partial charge in [-0.2, -0.15) is 0 Å². The fourth-order valence-corrected chi connectivity index (χ4v) is 2.11. The second-order valence-corrected chi connectivity index (χ2v) is 5.18. The van der Waals surface area contributed by atoms with Gasteiger partial charge in [-0.25, -0.2) is 9.97 Å². The van der Waals surface area contributed by atoms with Gasteiger partial charge in [-0.15, -0.1) is 0 Å². The van der Waals surface area contributed by atoms with Crippen molar-refractivity contribution >= 4 is 16.9 Å². The zero-order valence-electron chi connectivity index (χ0n) is 11.3. The summed E-state index contributed by atoms with van der Waals surface area (Å²) in [5.41, 5.74) is 2.03. The van der Waals surface area contributed by atoms with E-state index in [0.717, 1.165) is 48.9 Å². The first-order chi connectivity index (χ1) is 9.34. The maximum Gasteiger partial charge on any atom is 0.154 e. The quantitative estimate of drug-likeness (QED) is 0.775. The Hall–Kier alpha value is -1.62. The highest BCUT2D eigenvalue weighted by Gasteiger charge is 2.20. The third kappa shape index (κ3) is 3.04. The Morgan fingerprint density at radius 3 is 3.16 bits per heavy atom.